The number of likely N-dealkylation sites (tertiary alicyclic amines) is 1. The van der Waals surface area contributed by atoms with Gasteiger partial charge in [0.1, 0.15) is 0 Å². The van der Waals surface area contributed by atoms with Gasteiger partial charge < -0.3 is 5.32 Å². The third-order valence-electron chi connectivity index (χ3n) is 4.71. The van der Waals surface area contributed by atoms with Crippen LogP contribution < -0.4 is 5.32 Å². The van der Waals surface area contributed by atoms with E-state index in [2.05, 4.69) is 15.6 Å². The minimum absolute atomic E-state index is 0.161. The molecule has 1 N–H and O–H groups in total. The Balaban J connectivity index is 1.60. The van der Waals surface area contributed by atoms with E-state index in [4.69, 9.17) is 0 Å². The highest BCUT2D eigenvalue weighted by molar-refractivity contribution is 5.93. The minimum atomic E-state index is -4.19. The number of halogens is 3. The Labute approximate surface area is 155 Å². The van der Waals surface area contributed by atoms with Crippen molar-refractivity contribution in [3.05, 3.63) is 41.2 Å². The number of aromatic nitrogens is 3. The van der Waals surface area contributed by atoms with Crippen LogP contribution in [0.1, 0.15) is 34.6 Å². The monoisotopic (exact) mass is 381 g/mol. The van der Waals surface area contributed by atoms with Gasteiger partial charge in [0.15, 0.2) is 5.69 Å². The summed E-state index contributed by atoms with van der Waals surface area (Å²) in [4.78, 5) is 13.9. The van der Waals surface area contributed by atoms with Crippen molar-refractivity contribution < 1.29 is 18.0 Å². The van der Waals surface area contributed by atoms with E-state index in [1.807, 2.05) is 31.2 Å². The summed E-state index contributed by atoms with van der Waals surface area (Å²) in [6, 6.07) is 7.53. The maximum absolute atomic E-state index is 12.5. The molecular formula is C18H22F3N5O. The fraction of sp³-hybridized carbons (Fsp3) is 0.500. The van der Waals surface area contributed by atoms with Gasteiger partial charge in [0.2, 0.25) is 0 Å². The fourth-order valence-corrected chi connectivity index (χ4v) is 3.21. The summed E-state index contributed by atoms with van der Waals surface area (Å²) in [5.74, 6) is -0.347. The lowest BCUT2D eigenvalue weighted by Gasteiger charge is -2.32. The number of rotatable bonds is 4. The van der Waals surface area contributed by atoms with Crippen LogP contribution >= 0.6 is 0 Å². The summed E-state index contributed by atoms with van der Waals surface area (Å²) >= 11 is 0. The number of amides is 1. The molecule has 2 heterocycles. The third kappa shape index (κ3) is 4.85. The van der Waals surface area contributed by atoms with Crippen molar-refractivity contribution >= 4 is 5.91 Å². The summed E-state index contributed by atoms with van der Waals surface area (Å²) in [7, 11) is 0. The largest absolute Gasteiger partial charge is 0.401 e. The Morgan fingerprint density at radius 2 is 1.81 bits per heavy atom. The zero-order valence-electron chi connectivity index (χ0n) is 15.3. The van der Waals surface area contributed by atoms with Gasteiger partial charge in [0, 0.05) is 19.1 Å². The molecule has 0 spiro atoms. The van der Waals surface area contributed by atoms with Gasteiger partial charge in [0.25, 0.3) is 5.91 Å². The summed E-state index contributed by atoms with van der Waals surface area (Å²) in [6.45, 7) is 3.45. The quantitative estimate of drug-likeness (QED) is 0.885. The lowest BCUT2D eigenvalue weighted by Crippen LogP contribution is -2.47. The molecule has 0 radical (unpaired) electrons. The molecule has 1 amide bonds. The standard InChI is InChI=1S/C18H22F3N5O/c1-12-3-5-15(6-4-12)26-13(2)16(23-24-26)17(27)22-14-7-9-25(10-8-14)11-18(19,20)21/h3-6,14H,7-11H2,1-2H3,(H,22,27). The number of carbonyl (C=O) groups excluding carboxylic acids is 1. The van der Waals surface area contributed by atoms with Gasteiger partial charge in [-0.1, -0.05) is 22.9 Å². The van der Waals surface area contributed by atoms with Crippen molar-refractivity contribution in [1.82, 2.24) is 25.2 Å². The van der Waals surface area contributed by atoms with Crippen LogP contribution in [-0.2, 0) is 0 Å². The number of aryl methyl sites for hydroxylation is 1. The number of piperidine rings is 1. The van der Waals surface area contributed by atoms with Crippen molar-refractivity contribution in [2.45, 2.75) is 38.9 Å². The van der Waals surface area contributed by atoms with Crippen molar-refractivity contribution in [2.75, 3.05) is 19.6 Å². The minimum Gasteiger partial charge on any atom is -0.348 e. The van der Waals surface area contributed by atoms with Gasteiger partial charge in [-0.3, -0.25) is 9.69 Å². The summed E-state index contributed by atoms with van der Waals surface area (Å²) < 4.78 is 38.9. The van der Waals surface area contributed by atoms with E-state index in [0.29, 0.717) is 31.6 Å². The van der Waals surface area contributed by atoms with Crippen LogP contribution in [0.25, 0.3) is 5.69 Å². The van der Waals surface area contributed by atoms with Crippen LogP contribution in [0.4, 0.5) is 13.2 Å². The molecule has 2 aromatic rings. The molecule has 3 rings (SSSR count). The van der Waals surface area contributed by atoms with E-state index in [0.717, 1.165) is 11.3 Å². The predicted octanol–water partition coefficient (Wildman–Crippen LogP) is 2.64. The molecule has 1 aromatic heterocycles. The number of benzene rings is 1. The smallest absolute Gasteiger partial charge is 0.348 e. The van der Waals surface area contributed by atoms with Gasteiger partial charge in [0.05, 0.1) is 17.9 Å². The number of alkyl halides is 3. The lowest BCUT2D eigenvalue weighted by atomic mass is 10.0. The van der Waals surface area contributed by atoms with Crippen LogP contribution in [0.15, 0.2) is 24.3 Å². The van der Waals surface area contributed by atoms with Gasteiger partial charge in [-0.25, -0.2) is 4.68 Å². The molecule has 146 valence electrons. The Kier molecular flexibility index (Phi) is 5.50. The highest BCUT2D eigenvalue weighted by Gasteiger charge is 2.33. The zero-order valence-corrected chi connectivity index (χ0v) is 15.3. The molecule has 1 aliphatic rings. The van der Waals surface area contributed by atoms with E-state index in [-0.39, 0.29) is 17.6 Å². The zero-order chi connectivity index (χ0) is 19.6. The predicted molar refractivity (Wildman–Crippen MR) is 93.8 cm³/mol. The number of hydrogen-bond acceptors (Lipinski definition) is 4. The first-order valence-corrected chi connectivity index (χ1v) is 8.82. The van der Waals surface area contributed by atoms with Crippen molar-refractivity contribution in [1.29, 1.82) is 0 Å². The van der Waals surface area contributed by atoms with Gasteiger partial charge in [-0.15, -0.1) is 5.10 Å². The number of nitrogens with zero attached hydrogens (tertiary/aromatic N) is 4. The van der Waals surface area contributed by atoms with Crippen molar-refractivity contribution in [3.8, 4) is 5.69 Å². The molecule has 1 fully saturated rings. The Morgan fingerprint density at radius 3 is 2.41 bits per heavy atom. The highest BCUT2D eigenvalue weighted by atomic mass is 19.4. The SMILES string of the molecule is Cc1ccc(-n2nnc(C(=O)NC3CCN(CC(F)(F)F)CC3)c2C)cc1. The molecule has 6 nitrogen and oxygen atoms in total. The maximum Gasteiger partial charge on any atom is 0.401 e. The van der Waals surface area contributed by atoms with Gasteiger partial charge in [-0.2, -0.15) is 13.2 Å². The fourth-order valence-electron chi connectivity index (χ4n) is 3.21. The summed E-state index contributed by atoms with van der Waals surface area (Å²) in [5.41, 5.74) is 2.77. The Hall–Kier alpha value is -2.42. The normalized spacial score (nSPS) is 16.5. The van der Waals surface area contributed by atoms with Crippen molar-refractivity contribution in [2.24, 2.45) is 0 Å². The molecule has 0 unspecified atom stereocenters. The van der Waals surface area contributed by atoms with Gasteiger partial charge >= 0.3 is 6.18 Å². The molecule has 0 bridgehead atoms. The average Bonchev–Trinajstić information content (AvgIpc) is 2.98. The van der Waals surface area contributed by atoms with E-state index in [1.165, 1.54) is 4.90 Å². The molecule has 1 aromatic carbocycles. The average molecular weight is 381 g/mol. The second kappa shape index (κ2) is 7.67. The molecular weight excluding hydrogens is 359 g/mol. The van der Waals surface area contributed by atoms with Crippen LogP contribution in [0.5, 0.6) is 0 Å². The number of nitrogens with one attached hydrogen (secondary N) is 1. The van der Waals surface area contributed by atoms with E-state index in [1.54, 1.807) is 11.6 Å². The third-order valence-corrected chi connectivity index (χ3v) is 4.71. The number of carbonyl (C=O) groups is 1. The molecule has 1 saturated heterocycles. The van der Waals surface area contributed by atoms with Crippen molar-refractivity contribution in [3.63, 3.8) is 0 Å². The molecule has 27 heavy (non-hydrogen) atoms. The van der Waals surface area contributed by atoms with Crippen LogP contribution in [-0.4, -0.2) is 57.7 Å². The molecule has 0 atom stereocenters. The van der Waals surface area contributed by atoms with E-state index in [9.17, 15) is 18.0 Å². The first-order chi connectivity index (χ1) is 12.7. The highest BCUT2D eigenvalue weighted by Crippen LogP contribution is 2.20. The first kappa shape index (κ1) is 19.3. The topological polar surface area (TPSA) is 63.1 Å². The van der Waals surface area contributed by atoms with Crippen LogP contribution in [0.2, 0.25) is 0 Å². The second-order valence-corrected chi connectivity index (χ2v) is 6.91. The second-order valence-electron chi connectivity index (χ2n) is 6.91. The number of hydrogen-bond donors (Lipinski definition) is 1. The van der Waals surface area contributed by atoms with E-state index < -0.39 is 12.7 Å². The molecule has 1 aliphatic heterocycles. The van der Waals surface area contributed by atoms with E-state index >= 15 is 0 Å². The lowest BCUT2D eigenvalue weighted by molar-refractivity contribution is -0.148. The molecule has 0 aliphatic carbocycles. The van der Waals surface area contributed by atoms with Gasteiger partial charge in [-0.05, 0) is 38.8 Å². The first-order valence-electron chi connectivity index (χ1n) is 8.82. The summed E-state index contributed by atoms with van der Waals surface area (Å²) in [6.07, 6.45) is -3.23. The van der Waals surface area contributed by atoms with Crippen LogP contribution in [0, 0.1) is 13.8 Å². The summed E-state index contributed by atoms with van der Waals surface area (Å²) in [5, 5.41) is 10.9. The molecule has 0 saturated carbocycles. The maximum atomic E-state index is 12.5. The van der Waals surface area contributed by atoms with Crippen LogP contribution in [0.3, 0.4) is 0 Å². The Bertz CT molecular complexity index is 792. The molecule has 9 heteroatoms. The Morgan fingerprint density at radius 1 is 1.19 bits per heavy atom.